The van der Waals surface area contributed by atoms with E-state index < -0.39 is 0 Å². The van der Waals surface area contributed by atoms with Crippen molar-refractivity contribution in [3.63, 3.8) is 0 Å². The number of nitrogens with one attached hydrogen (secondary N) is 2. The largest absolute Gasteiger partial charge is 0.494 e. The first-order chi connectivity index (χ1) is 17.9. The molecule has 37 heavy (non-hydrogen) atoms. The number of aldehydes is 1. The number of carbonyl (C=O) groups is 2. The van der Waals surface area contributed by atoms with Crippen molar-refractivity contribution >= 4 is 34.5 Å². The van der Waals surface area contributed by atoms with E-state index >= 15 is 0 Å². The fourth-order valence-electron chi connectivity index (χ4n) is 4.02. The smallest absolute Gasteiger partial charge is 0.274 e. The van der Waals surface area contributed by atoms with Crippen molar-refractivity contribution in [2.45, 2.75) is 13.3 Å². The van der Waals surface area contributed by atoms with Crippen molar-refractivity contribution in [3.05, 3.63) is 94.5 Å². The van der Waals surface area contributed by atoms with Crippen molar-refractivity contribution in [3.8, 4) is 5.88 Å². The first-order valence-electron chi connectivity index (χ1n) is 12.0. The molecule has 0 fully saturated rings. The molecule has 8 heteroatoms. The van der Waals surface area contributed by atoms with Gasteiger partial charge in [0.1, 0.15) is 6.29 Å². The summed E-state index contributed by atoms with van der Waals surface area (Å²) in [6.07, 6.45) is 1.60. The fourth-order valence-corrected chi connectivity index (χ4v) is 4.02. The van der Waals surface area contributed by atoms with E-state index in [2.05, 4.69) is 10.5 Å². The molecule has 0 atom stereocenters. The van der Waals surface area contributed by atoms with Gasteiger partial charge in [0.25, 0.3) is 5.91 Å². The number of aliphatic imine (C=N–C) groups is 1. The third-order valence-electron chi connectivity index (χ3n) is 5.96. The highest BCUT2D eigenvalue weighted by Crippen LogP contribution is 2.33. The summed E-state index contributed by atoms with van der Waals surface area (Å²) in [6.45, 7) is 3.15. The molecule has 0 bridgehead atoms. The van der Waals surface area contributed by atoms with E-state index in [0.29, 0.717) is 40.2 Å². The van der Waals surface area contributed by atoms with Crippen LogP contribution in [0.15, 0.2) is 71.7 Å². The SMILES string of the molecule is Cc1cc2c(C(=Nc3ccc(C(=O)NOCCCN(C)C)cc3)c3ccccc3)c(O)[nH]c2cc1C=O. The lowest BCUT2D eigenvalue weighted by molar-refractivity contribution is 0.0288. The Morgan fingerprint density at radius 1 is 1.08 bits per heavy atom. The number of hydroxylamine groups is 1. The molecule has 4 rings (SSSR count). The number of benzene rings is 3. The molecule has 0 aliphatic heterocycles. The summed E-state index contributed by atoms with van der Waals surface area (Å²) in [4.78, 5) is 39.0. The Hall–Kier alpha value is -4.27. The molecular formula is C29H30N4O4. The topological polar surface area (TPSA) is 107 Å². The average molecular weight is 499 g/mol. The van der Waals surface area contributed by atoms with Crippen LogP contribution in [0.2, 0.25) is 0 Å². The van der Waals surface area contributed by atoms with Crippen LogP contribution in [0.3, 0.4) is 0 Å². The quantitative estimate of drug-likeness (QED) is 0.126. The predicted octanol–water partition coefficient (Wildman–Crippen LogP) is 4.78. The highest BCUT2D eigenvalue weighted by atomic mass is 16.6. The Balaban J connectivity index is 1.64. The van der Waals surface area contributed by atoms with Crippen LogP contribution in [0.1, 0.15) is 43.8 Å². The summed E-state index contributed by atoms with van der Waals surface area (Å²) < 4.78 is 0. The fraction of sp³-hybridized carbons (Fsp3) is 0.207. The van der Waals surface area contributed by atoms with Crippen LogP contribution >= 0.6 is 0 Å². The molecule has 8 nitrogen and oxygen atoms in total. The Bertz CT molecular complexity index is 1420. The van der Waals surface area contributed by atoms with Crippen LogP contribution in [0, 0.1) is 6.92 Å². The van der Waals surface area contributed by atoms with Gasteiger partial charge in [-0.1, -0.05) is 30.3 Å². The number of aryl methyl sites for hydroxylation is 1. The molecule has 190 valence electrons. The summed E-state index contributed by atoms with van der Waals surface area (Å²) in [6, 6.07) is 20.0. The van der Waals surface area contributed by atoms with Crippen LogP contribution in [-0.2, 0) is 4.84 Å². The molecule has 3 N–H and O–H groups in total. The molecule has 0 saturated heterocycles. The summed E-state index contributed by atoms with van der Waals surface area (Å²) in [5.41, 5.74) is 7.42. The van der Waals surface area contributed by atoms with Gasteiger partial charge in [-0.05, 0) is 75.9 Å². The van der Waals surface area contributed by atoms with Gasteiger partial charge < -0.3 is 15.0 Å². The Morgan fingerprint density at radius 3 is 2.49 bits per heavy atom. The van der Waals surface area contributed by atoms with Gasteiger partial charge in [-0.15, -0.1) is 0 Å². The average Bonchev–Trinajstić information content (AvgIpc) is 3.21. The highest BCUT2D eigenvalue weighted by Gasteiger charge is 2.20. The molecule has 0 spiro atoms. The minimum atomic E-state index is -0.334. The number of hydrogen-bond acceptors (Lipinski definition) is 6. The van der Waals surface area contributed by atoms with Crippen LogP contribution < -0.4 is 5.48 Å². The molecule has 0 saturated carbocycles. The third-order valence-corrected chi connectivity index (χ3v) is 5.96. The number of aromatic amines is 1. The summed E-state index contributed by atoms with van der Waals surface area (Å²) >= 11 is 0. The number of aromatic nitrogens is 1. The number of H-pyrrole nitrogens is 1. The zero-order valence-corrected chi connectivity index (χ0v) is 21.1. The maximum absolute atomic E-state index is 12.4. The Morgan fingerprint density at radius 2 is 1.81 bits per heavy atom. The van der Waals surface area contributed by atoms with Crippen LogP contribution in [-0.4, -0.2) is 60.1 Å². The van der Waals surface area contributed by atoms with E-state index in [-0.39, 0.29) is 11.8 Å². The molecular weight excluding hydrogens is 468 g/mol. The molecule has 4 aromatic rings. The molecule has 1 heterocycles. The minimum absolute atomic E-state index is 0.0394. The maximum Gasteiger partial charge on any atom is 0.274 e. The lowest BCUT2D eigenvalue weighted by Crippen LogP contribution is -2.25. The molecule has 1 amide bonds. The Kier molecular flexibility index (Phi) is 8.12. The molecule has 0 radical (unpaired) electrons. The first-order valence-corrected chi connectivity index (χ1v) is 12.0. The van der Waals surface area contributed by atoms with Crippen molar-refractivity contribution in [1.29, 1.82) is 0 Å². The van der Waals surface area contributed by atoms with E-state index in [1.165, 1.54) is 0 Å². The van der Waals surface area contributed by atoms with E-state index in [0.717, 1.165) is 35.8 Å². The van der Waals surface area contributed by atoms with Gasteiger partial charge in [0, 0.05) is 27.6 Å². The first kappa shape index (κ1) is 25.8. The number of nitrogens with zero attached hydrogens (tertiary/aromatic N) is 2. The number of fused-ring (bicyclic) bond motifs is 1. The maximum atomic E-state index is 12.4. The van der Waals surface area contributed by atoms with Gasteiger partial charge in [-0.2, -0.15) is 0 Å². The van der Waals surface area contributed by atoms with E-state index in [1.807, 2.05) is 62.3 Å². The second kappa shape index (κ2) is 11.6. The van der Waals surface area contributed by atoms with Gasteiger partial charge in [-0.3, -0.25) is 14.4 Å². The second-order valence-corrected chi connectivity index (χ2v) is 9.03. The number of hydrogen-bond donors (Lipinski definition) is 3. The molecule has 1 aromatic heterocycles. The lowest BCUT2D eigenvalue weighted by atomic mass is 9.98. The summed E-state index contributed by atoms with van der Waals surface area (Å²) in [5.74, 6) is -0.373. The van der Waals surface area contributed by atoms with Gasteiger partial charge in [0.05, 0.1) is 23.6 Å². The van der Waals surface area contributed by atoms with Crippen molar-refractivity contribution in [2.24, 2.45) is 4.99 Å². The van der Waals surface area contributed by atoms with Crippen molar-refractivity contribution < 1.29 is 19.5 Å². The minimum Gasteiger partial charge on any atom is -0.494 e. The van der Waals surface area contributed by atoms with E-state index in [4.69, 9.17) is 9.83 Å². The van der Waals surface area contributed by atoms with Crippen molar-refractivity contribution in [1.82, 2.24) is 15.4 Å². The Labute approximate surface area is 215 Å². The van der Waals surface area contributed by atoms with Gasteiger partial charge in [0.15, 0.2) is 5.88 Å². The van der Waals surface area contributed by atoms with Crippen LogP contribution in [0.4, 0.5) is 5.69 Å². The van der Waals surface area contributed by atoms with Crippen LogP contribution in [0.25, 0.3) is 10.9 Å². The lowest BCUT2D eigenvalue weighted by Gasteiger charge is -2.10. The molecule has 0 aliphatic rings. The number of carbonyl (C=O) groups excluding carboxylic acids is 2. The molecule has 0 aliphatic carbocycles. The summed E-state index contributed by atoms with van der Waals surface area (Å²) in [7, 11) is 3.96. The van der Waals surface area contributed by atoms with Gasteiger partial charge in [0.2, 0.25) is 0 Å². The number of rotatable bonds is 10. The summed E-state index contributed by atoms with van der Waals surface area (Å²) in [5, 5.41) is 11.6. The zero-order chi connectivity index (χ0) is 26.4. The van der Waals surface area contributed by atoms with Crippen molar-refractivity contribution in [2.75, 3.05) is 27.2 Å². The van der Waals surface area contributed by atoms with Gasteiger partial charge in [-0.25, -0.2) is 10.5 Å². The molecule has 0 unspecified atom stereocenters. The molecule has 3 aromatic carbocycles. The normalized spacial score (nSPS) is 11.7. The highest BCUT2D eigenvalue weighted by molar-refractivity contribution is 6.22. The number of amides is 1. The van der Waals surface area contributed by atoms with Gasteiger partial charge >= 0.3 is 0 Å². The standard InChI is InChI=1S/C29H30N4O4/c1-19-16-24-25(17-22(19)18-34)31-29(36)26(24)27(20-8-5-4-6-9-20)30-23-12-10-21(11-13-23)28(35)32-37-15-7-14-33(2)3/h4-6,8-13,16-18,31,36H,7,14-15H2,1-3H3,(H,32,35). The van der Waals surface area contributed by atoms with E-state index in [1.54, 1.807) is 30.3 Å². The predicted molar refractivity (Wildman–Crippen MR) is 145 cm³/mol. The number of aromatic hydroxyl groups is 1. The second-order valence-electron chi connectivity index (χ2n) is 9.03. The van der Waals surface area contributed by atoms with Crippen LogP contribution in [0.5, 0.6) is 5.88 Å². The monoisotopic (exact) mass is 498 g/mol. The zero-order valence-electron chi connectivity index (χ0n) is 21.1. The third kappa shape index (κ3) is 6.11. The van der Waals surface area contributed by atoms with E-state index in [9.17, 15) is 14.7 Å².